The van der Waals surface area contributed by atoms with E-state index in [0.717, 1.165) is 24.1 Å². The van der Waals surface area contributed by atoms with Crippen LogP contribution in [-0.2, 0) is 6.42 Å². The van der Waals surface area contributed by atoms with Crippen LogP contribution in [0.3, 0.4) is 0 Å². The second-order valence-electron chi connectivity index (χ2n) is 4.45. The second kappa shape index (κ2) is 6.05. The Hall–Kier alpha value is -2.29. The quantitative estimate of drug-likeness (QED) is 0.821. The minimum absolute atomic E-state index is 0.165. The van der Waals surface area contributed by atoms with E-state index in [-0.39, 0.29) is 5.91 Å². The fourth-order valence-electron chi connectivity index (χ4n) is 2.02. The molecule has 98 valence electrons. The number of nitrogens with one attached hydrogen (secondary N) is 1. The molecule has 3 nitrogen and oxygen atoms in total. The summed E-state index contributed by atoms with van der Waals surface area (Å²) in [7, 11) is 0. The summed E-state index contributed by atoms with van der Waals surface area (Å²) in [4.78, 5) is 12.2. The zero-order valence-electron chi connectivity index (χ0n) is 11.0. The summed E-state index contributed by atoms with van der Waals surface area (Å²) >= 11 is 0. The summed E-state index contributed by atoms with van der Waals surface area (Å²) < 4.78 is 0. The topological polar surface area (TPSA) is 55.1 Å². The van der Waals surface area contributed by atoms with E-state index in [4.69, 9.17) is 5.73 Å². The number of nitrogens with two attached hydrogens (primary N) is 1. The minimum atomic E-state index is -0.165. The van der Waals surface area contributed by atoms with E-state index in [1.807, 2.05) is 36.4 Å². The van der Waals surface area contributed by atoms with Crippen molar-refractivity contribution in [2.45, 2.75) is 19.8 Å². The van der Waals surface area contributed by atoms with E-state index >= 15 is 0 Å². The minimum Gasteiger partial charge on any atom is -0.398 e. The Morgan fingerprint density at radius 3 is 2.53 bits per heavy atom. The van der Waals surface area contributed by atoms with Crippen molar-refractivity contribution in [1.82, 2.24) is 0 Å². The Morgan fingerprint density at radius 1 is 1.11 bits per heavy atom. The van der Waals surface area contributed by atoms with Gasteiger partial charge in [0, 0.05) is 11.4 Å². The summed E-state index contributed by atoms with van der Waals surface area (Å²) in [5, 5.41) is 2.93. The number of carbonyl (C=O) groups is 1. The van der Waals surface area contributed by atoms with Crippen LogP contribution in [0, 0.1) is 0 Å². The highest BCUT2D eigenvalue weighted by atomic mass is 16.1. The molecule has 3 N–H and O–H groups in total. The van der Waals surface area contributed by atoms with Gasteiger partial charge in [0.05, 0.1) is 5.56 Å². The number of hydrogen-bond acceptors (Lipinski definition) is 2. The predicted molar refractivity (Wildman–Crippen MR) is 79.2 cm³/mol. The molecule has 2 aromatic carbocycles. The molecule has 0 atom stereocenters. The SMILES string of the molecule is CCCc1ccccc1NC(=O)c1ccccc1N. The predicted octanol–water partition coefficient (Wildman–Crippen LogP) is 3.47. The standard InChI is InChI=1S/C16H18N2O/c1-2-7-12-8-3-6-11-15(12)18-16(19)13-9-4-5-10-14(13)17/h3-6,8-11H,2,7,17H2,1H3,(H,18,19). The van der Waals surface area contributed by atoms with E-state index in [2.05, 4.69) is 12.2 Å². The molecular formula is C16H18N2O. The van der Waals surface area contributed by atoms with Crippen LogP contribution >= 0.6 is 0 Å². The number of aryl methyl sites for hydroxylation is 1. The van der Waals surface area contributed by atoms with Crippen LogP contribution in [0.25, 0.3) is 0 Å². The van der Waals surface area contributed by atoms with Gasteiger partial charge < -0.3 is 11.1 Å². The van der Waals surface area contributed by atoms with Gasteiger partial charge in [0.25, 0.3) is 5.91 Å². The zero-order valence-corrected chi connectivity index (χ0v) is 11.0. The highest BCUT2D eigenvalue weighted by Crippen LogP contribution is 2.19. The van der Waals surface area contributed by atoms with Gasteiger partial charge in [-0.2, -0.15) is 0 Å². The van der Waals surface area contributed by atoms with Crippen LogP contribution in [0.2, 0.25) is 0 Å². The normalized spacial score (nSPS) is 10.2. The summed E-state index contributed by atoms with van der Waals surface area (Å²) in [6.45, 7) is 2.12. The fourth-order valence-corrected chi connectivity index (χ4v) is 2.02. The lowest BCUT2D eigenvalue weighted by atomic mass is 10.1. The Labute approximate surface area is 113 Å². The van der Waals surface area contributed by atoms with Crippen LogP contribution in [0.5, 0.6) is 0 Å². The molecule has 1 amide bonds. The van der Waals surface area contributed by atoms with Crippen LogP contribution < -0.4 is 11.1 Å². The van der Waals surface area contributed by atoms with E-state index in [0.29, 0.717) is 11.3 Å². The summed E-state index contributed by atoms with van der Waals surface area (Å²) in [5.74, 6) is -0.165. The number of anilines is 2. The van der Waals surface area contributed by atoms with Crippen molar-refractivity contribution in [3.8, 4) is 0 Å². The monoisotopic (exact) mass is 254 g/mol. The lowest BCUT2D eigenvalue weighted by Crippen LogP contribution is -2.15. The molecule has 0 spiro atoms. The van der Waals surface area contributed by atoms with Crippen molar-refractivity contribution in [2.24, 2.45) is 0 Å². The molecule has 0 heterocycles. The maximum atomic E-state index is 12.2. The van der Waals surface area contributed by atoms with Crippen LogP contribution in [0.1, 0.15) is 29.3 Å². The molecule has 0 aliphatic carbocycles. The molecule has 0 aromatic heterocycles. The van der Waals surface area contributed by atoms with E-state index in [1.165, 1.54) is 0 Å². The smallest absolute Gasteiger partial charge is 0.257 e. The van der Waals surface area contributed by atoms with E-state index in [9.17, 15) is 4.79 Å². The number of amides is 1. The maximum Gasteiger partial charge on any atom is 0.257 e. The molecule has 0 aliphatic rings. The second-order valence-corrected chi connectivity index (χ2v) is 4.45. The van der Waals surface area contributed by atoms with Crippen molar-refractivity contribution in [1.29, 1.82) is 0 Å². The molecule has 0 fully saturated rings. The molecule has 2 aromatic rings. The molecule has 19 heavy (non-hydrogen) atoms. The summed E-state index contributed by atoms with van der Waals surface area (Å²) in [6.07, 6.45) is 1.99. The Balaban J connectivity index is 2.22. The maximum absolute atomic E-state index is 12.2. The number of nitrogen functional groups attached to an aromatic ring is 1. The number of carbonyl (C=O) groups excluding carboxylic acids is 1. The molecule has 0 saturated heterocycles. The van der Waals surface area contributed by atoms with Gasteiger partial charge in [-0.3, -0.25) is 4.79 Å². The average Bonchev–Trinajstić information content (AvgIpc) is 2.41. The molecule has 0 unspecified atom stereocenters. The van der Waals surface area contributed by atoms with Gasteiger partial charge in [0.15, 0.2) is 0 Å². The van der Waals surface area contributed by atoms with Gasteiger partial charge in [0.1, 0.15) is 0 Å². The van der Waals surface area contributed by atoms with Gasteiger partial charge in [-0.25, -0.2) is 0 Å². The van der Waals surface area contributed by atoms with Gasteiger partial charge in [-0.15, -0.1) is 0 Å². The molecule has 0 bridgehead atoms. The fraction of sp³-hybridized carbons (Fsp3) is 0.188. The average molecular weight is 254 g/mol. The first kappa shape index (κ1) is 13.1. The Morgan fingerprint density at radius 2 is 1.79 bits per heavy atom. The van der Waals surface area contributed by atoms with Crippen molar-refractivity contribution >= 4 is 17.3 Å². The number of hydrogen-bond donors (Lipinski definition) is 2. The summed E-state index contributed by atoms with van der Waals surface area (Å²) in [5.41, 5.74) is 8.82. The Bertz CT molecular complexity index is 578. The highest BCUT2D eigenvalue weighted by Gasteiger charge is 2.10. The van der Waals surface area contributed by atoms with Crippen molar-refractivity contribution in [3.05, 3.63) is 59.7 Å². The molecule has 0 saturated carbocycles. The molecular weight excluding hydrogens is 236 g/mol. The van der Waals surface area contributed by atoms with Crippen LogP contribution in [0.15, 0.2) is 48.5 Å². The number of benzene rings is 2. The van der Waals surface area contributed by atoms with Gasteiger partial charge in [-0.05, 0) is 30.2 Å². The first-order chi connectivity index (χ1) is 9.22. The first-order valence-electron chi connectivity index (χ1n) is 6.46. The summed E-state index contributed by atoms with van der Waals surface area (Å²) in [6, 6.07) is 14.9. The van der Waals surface area contributed by atoms with Gasteiger partial charge in [0.2, 0.25) is 0 Å². The first-order valence-corrected chi connectivity index (χ1v) is 6.46. The van der Waals surface area contributed by atoms with Crippen LogP contribution in [-0.4, -0.2) is 5.91 Å². The van der Waals surface area contributed by atoms with Crippen LogP contribution in [0.4, 0.5) is 11.4 Å². The third kappa shape index (κ3) is 3.13. The third-order valence-corrected chi connectivity index (χ3v) is 2.99. The lowest BCUT2D eigenvalue weighted by Gasteiger charge is -2.11. The molecule has 0 aliphatic heterocycles. The lowest BCUT2D eigenvalue weighted by molar-refractivity contribution is 0.102. The number of rotatable bonds is 4. The van der Waals surface area contributed by atoms with Crippen molar-refractivity contribution in [2.75, 3.05) is 11.1 Å². The van der Waals surface area contributed by atoms with E-state index in [1.54, 1.807) is 12.1 Å². The third-order valence-electron chi connectivity index (χ3n) is 2.99. The van der Waals surface area contributed by atoms with Gasteiger partial charge in [-0.1, -0.05) is 43.7 Å². The van der Waals surface area contributed by atoms with Gasteiger partial charge >= 0.3 is 0 Å². The van der Waals surface area contributed by atoms with Crippen molar-refractivity contribution < 1.29 is 4.79 Å². The Kier molecular flexibility index (Phi) is 4.18. The van der Waals surface area contributed by atoms with E-state index < -0.39 is 0 Å². The molecule has 3 heteroatoms. The molecule has 0 radical (unpaired) electrons. The zero-order chi connectivity index (χ0) is 13.7. The number of para-hydroxylation sites is 2. The van der Waals surface area contributed by atoms with Crippen molar-refractivity contribution in [3.63, 3.8) is 0 Å². The largest absolute Gasteiger partial charge is 0.398 e. The highest BCUT2D eigenvalue weighted by molar-refractivity contribution is 6.08. The molecule has 2 rings (SSSR count).